The number of hydrogen-bond donors (Lipinski definition) is 0. The Hall–Kier alpha value is -4.45. The van der Waals surface area contributed by atoms with Crippen LogP contribution >= 0.6 is 0 Å². The highest BCUT2D eigenvalue weighted by atomic mass is 16.6. The summed E-state index contributed by atoms with van der Waals surface area (Å²) in [5.74, 6) is -0.991. The molecular weight excluding hydrogens is 841 g/mol. The van der Waals surface area contributed by atoms with Crippen LogP contribution in [0.4, 0.5) is 0 Å². The van der Waals surface area contributed by atoms with E-state index in [-0.39, 0.29) is 37.5 Å². The van der Waals surface area contributed by atoms with Gasteiger partial charge in [0.25, 0.3) is 0 Å². The molecular formula is C62H98O6. The Bertz CT molecular complexity index is 1500. The van der Waals surface area contributed by atoms with Crippen molar-refractivity contribution in [2.45, 2.75) is 226 Å². The fraction of sp³-hybridized carbons (Fsp3) is 0.597. The summed E-state index contributed by atoms with van der Waals surface area (Å²) in [5.41, 5.74) is 0. The van der Waals surface area contributed by atoms with Gasteiger partial charge in [0.05, 0.1) is 0 Å². The minimum absolute atomic E-state index is 0.110. The Balaban J connectivity index is 4.44. The van der Waals surface area contributed by atoms with Crippen molar-refractivity contribution >= 4 is 17.9 Å². The summed E-state index contributed by atoms with van der Waals surface area (Å²) in [4.78, 5) is 38.0. The topological polar surface area (TPSA) is 78.9 Å². The van der Waals surface area contributed by atoms with Gasteiger partial charge in [-0.2, -0.15) is 0 Å². The predicted octanol–water partition coefficient (Wildman–Crippen LogP) is 18.3. The second kappa shape index (κ2) is 55.1. The first-order chi connectivity index (χ1) is 33.5. The zero-order valence-electron chi connectivity index (χ0n) is 43.6. The minimum Gasteiger partial charge on any atom is -0.462 e. The Morgan fingerprint density at radius 2 is 0.574 bits per heavy atom. The van der Waals surface area contributed by atoms with E-state index in [1.807, 2.05) is 0 Å². The van der Waals surface area contributed by atoms with Crippen molar-refractivity contribution in [2.75, 3.05) is 13.2 Å². The number of rotatable bonds is 47. The molecule has 0 spiro atoms. The summed E-state index contributed by atoms with van der Waals surface area (Å²) in [6.45, 7) is 6.30. The van der Waals surface area contributed by atoms with Crippen LogP contribution in [0.25, 0.3) is 0 Å². The van der Waals surface area contributed by atoms with Crippen LogP contribution in [0.1, 0.15) is 220 Å². The molecule has 0 aliphatic carbocycles. The van der Waals surface area contributed by atoms with Crippen LogP contribution in [0.5, 0.6) is 0 Å². The first-order valence-corrected chi connectivity index (χ1v) is 27.2. The number of esters is 3. The zero-order valence-corrected chi connectivity index (χ0v) is 43.6. The quantitative estimate of drug-likeness (QED) is 0.0262. The van der Waals surface area contributed by atoms with Crippen molar-refractivity contribution in [3.63, 3.8) is 0 Å². The summed E-state index contributed by atoms with van der Waals surface area (Å²) >= 11 is 0. The van der Waals surface area contributed by atoms with E-state index in [1.54, 1.807) is 0 Å². The maximum atomic E-state index is 12.8. The van der Waals surface area contributed by atoms with E-state index >= 15 is 0 Å². The largest absolute Gasteiger partial charge is 0.462 e. The number of carbonyl (C=O) groups is 3. The molecule has 6 nitrogen and oxygen atoms in total. The lowest BCUT2D eigenvalue weighted by molar-refractivity contribution is -0.167. The summed E-state index contributed by atoms with van der Waals surface area (Å²) in [5, 5.41) is 0. The molecule has 0 radical (unpaired) electrons. The van der Waals surface area contributed by atoms with Crippen LogP contribution < -0.4 is 0 Å². The lowest BCUT2D eigenvalue weighted by Crippen LogP contribution is -2.30. The molecule has 0 bridgehead atoms. The molecule has 0 aromatic heterocycles. The Morgan fingerprint density at radius 3 is 0.926 bits per heavy atom. The molecule has 1 unspecified atom stereocenters. The van der Waals surface area contributed by atoms with Gasteiger partial charge in [0, 0.05) is 19.3 Å². The van der Waals surface area contributed by atoms with E-state index in [1.165, 1.54) is 32.1 Å². The number of carbonyl (C=O) groups excluding carboxylic acids is 3. The molecule has 0 rings (SSSR count). The van der Waals surface area contributed by atoms with Crippen LogP contribution in [-0.2, 0) is 28.6 Å². The Kier molecular flexibility index (Phi) is 51.5. The van der Waals surface area contributed by atoms with E-state index in [0.717, 1.165) is 148 Å². The van der Waals surface area contributed by atoms with E-state index in [9.17, 15) is 14.4 Å². The molecule has 0 aromatic rings. The van der Waals surface area contributed by atoms with Crippen LogP contribution in [0.15, 0.2) is 134 Å². The molecule has 6 heteroatoms. The van der Waals surface area contributed by atoms with Gasteiger partial charge in [0.15, 0.2) is 6.10 Å². The van der Waals surface area contributed by atoms with E-state index in [0.29, 0.717) is 12.8 Å². The monoisotopic (exact) mass is 939 g/mol. The highest BCUT2D eigenvalue weighted by Gasteiger charge is 2.19. The van der Waals surface area contributed by atoms with Crippen molar-refractivity contribution < 1.29 is 28.6 Å². The standard InChI is InChI=1S/C62H98O6/c1-4-7-10-13-16-19-22-25-26-27-28-29-30-31-32-33-34-35-36-38-40-43-46-49-52-55-61(64)67-58-59(57-66-60(63)54-51-48-45-42-39-24-21-18-15-12-9-6-3)68-62(65)56-53-50-47-44-41-37-23-20-17-14-11-8-5-2/h7-8,10-11,16-21,25-26,28-29,31-32,34-35,37-38,40-41,59H,4-6,9,12-15,22-24,27,30,33,36,39,42-58H2,1-3H3/b10-7-,11-8-,19-16-,20-17-,21-18-,26-25-,29-28-,32-31-,35-34-,40-38-,41-37-. The van der Waals surface area contributed by atoms with Crippen molar-refractivity contribution in [3.8, 4) is 0 Å². The summed E-state index contributed by atoms with van der Waals surface area (Å²) in [7, 11) is 0. The third-order valence-corrected chi connectivity index (χ3v) is 10.9. The molecule has 0 N–H and O–H groups in total. The highest BCUT2D eigenvalue weighted by Crippen LogP contribution is 2.12. The maximum Gasteiger partial charge on any atom is 0.306 e. The van der Waals surface area contributed by atoms with E-state index in [2.05, 4.69) is 154 Å². The molecule has 0 saturated carbocycles. The second-order valence-electron chi connectivity index (χ2n) is 17.4. The van der Waals surface area contributed by atoms with Crippen molar-refractivity contribution in [1.29, 1.82) is 0 Å². The average molecular weight is 939 g/mol. The van der Waals surface area contributed by atoms with Gasteiger partial charge in [-0.05, 0) is 135 Å². The maximum absolute atomic E-state index is 12.8. The van der Waals surface area contributed by atoms with Crippen molar-refractivity contribution in [1.82, 2.24) is 0 Å². The molecule has 0 fully saturated rings. The van der Waals surface area contributed by atoms with Gasteiger partial charge in [0.2, 0.25) is 0 Å². The molecule has 0 heterocycles. The lowest BCUT2D eigenvalue weighted by atomic mass is 10.1. The molecule has 0 aliphatic rings. The lowest BCUT2D eigenvalue weighted by Gasteiger charge is -2.18. The second-order valence-corrected chi connectivity index (χ2v) is 17.4. The number of ether oxygens (including phenoxy) is 3. The average Bonchev–Trinajstić information content (AvgIpc) is 3.34. The van der Waals surface area contributed by atoms with Gasteiger partial charge < -0.3 is 14.2 Å². The Labute approximate surface area is 417 Å². The van der Waals surface area contributed by atoms with E-state index in [4.69, 9.17) is 14.2 Å². The molecule has 1 atom stereocenters. The SMILES string of the molecule is CC/C=C\C/C=C\C/C=C\C/C=C\C/C=C\C/C=C\C/C=C\CCCCCC(=O)OCC(COC(=O)CCCCCCC/C=C\CCCCC)OC(=O)CCCCC/C=C\C/C=C\C/C=C\CC. The fourth-order valence-corrected chi connectivity index (χ4v) is 6.84. The number of allylic oxidation sites excluding steroid dienone is 22. The van der Waals surface area contributed by atoms with Crippen molar-refractivity contribution in [3.05, 3.63) is 134 Å². The van der Waals surface area contributed by atoms with Crippen LogP contribution in [0, 0.1) is 0 Å². The molecule has 0 amide bonds. The van der Waals surface area contributed by atoms with Crippen LogP contribution in [-0.4, -0.2) is 37.2 Å². The van der Waals surface area contributed by atoms with Gasteiger partial charge in [-0.3, -0.25) is 14.4 Å². The number of unbranched alkanes of at least 4 members (excludes halogenated alkanes) is 14. The van der Waals surface area contributed by atoms with Gasteiger partial charge in [0.1, 0.15) is 13.2 Å². The Morgan fingerprint density at radius 1 is 0.309 bits per heavy atom. The van der Waals surface area contributed by atoms with Gasteiger partial charge in [-0.15, -0.1) is 0 Å². The summed E-state index contributed by atoms with van der Waals surface area (Å²) < 4.78 is 16.7. The third kappa shape index (κ3) is 52.5. The normalized spacial score (nSPS) is 13.2. The molecule has 0 saturated heterocycles. The molecule has 68 heavy (non-hydrogen) atoms. The molecule has 0 aliphatic heterocycles. The fourth-order valence-electron chi connectivity index (χ4n) is 6.84. The first-order valence-electron chi connectivity index (χ1n) is 27.2. The van der Waals surface area contributed by atoms with Gasteiger partial charge in [-0.1, -0.05) is 199 Å². The van der Waals surface area contributed by atoms with Crippen LogP contribution in [0.3, 0.4) is 0 Å². The summed E-state index contributed by atoms with van der Waals surface area (Å²) in [6, 6.07) is 0. The minimum atomic E-state index is -0.815. The van der Waals surface area contributed by atoms with Gasteiger partial charge in [-0.25, -0.2) is 0 Å². The molecule has 382 valence electrons. The summed E-state index contributed by atoms with van der Waals surface area (Å²) in [6.07, 6.45) is 77.3. The first kappa shape index (κ1) is 63.5. The predicted molar refractivity (Wildman–Crippen MR) is 292 cm³/mol. The zero-order chi connectivity index (χ0) is 49.3. The third-order valence-electron chi connectivity index (χ3n) is 10.9. The highest BCUT2D eigenvalue weighted by molar-refractivity contribution is 5.71. The van der Waals surface area contributed by atoms with E-state index < -0.39 is 6.10 Å². The van der Waals surface area contributed by atoms with Crippen LogP contribution in [0.2, 0.25) is 0 Å². The smallest absolute Gasteiger partial charge is 0.306 e. The number of hydrogen-bond acceptors (Lipinski definition) is 6. The van der Waals surface area contributed by atoms with Crippen molar-refractivity contribution in [2.24, 2.45) is 0 Å². The molecule has 0 aromatic carbocycles. The van der Waals surface area contributed by atoms with Gasteiger partial charge >= 0.3 is 17.9 Å².